The summed E-state index contributed by atoms with van der Waals surface area (Å²) in [6.45, 7) is 3.63. The quantitative estimate of drug-likeness (QED) is 0.0361. The molecule has 0 bridgehead atoms. The number of carbonyl (C=O) groups is 17. The normalized spacial score (nSPS) is 23.4. The number of hydrogen-bond donors (Lipinski definition) is 16. The maximum Gasteiger partial charge on any atom is 0.305 e. The van der Waals surface area contributed by atoms with Gasteiger partial charge in [0.1, 0.15) is 90.0 Å². The summed E-state index contributed by atoms with van der Waals surface area (Å²) in [5.41, 5.74) is 13.2. The number of carboxylic acid groups (broad SMARTS) is 2. The molecule has 3 aliphatic rings. The Morgan fingerprint density at radius 3 is 1.64 bits per heavy atom. The molecule has 38 nitrogen and oxygen atoms in total. The fourth-order valence-corrected chi connectivity index (χ4v) is 17.4. The van der Waals surface area contributed by atoms with Crippen LogP contribution in [0.25, 0.3) is 10.9 Å². The maximum absolute atomic E-state index is 15.7. The Bertz CT molecular complexity index is 5250. The first-order valence-corrected chi connectivity index (χ1v) is 45.8. The highest BCUT2D eigenvalue weighted by Crippen LogP contribution is 2.29. The number of benzene rings is 5. The molecule has 0 radical (unpaired) electrons. The molecule has 6 aromatic rings. The average Bonchev–Trinajstić information content (AvgIpc) is 1.78. The van der Waals surface area contributed by atoms with E-state index in [4.69, 9.17) is 11.5 Å². The summed E-state index contributed by atoms with van der Waals surface area (Å²) in [5, 5.41) is 65.2. The molecule has 0 saturated carbocycles. The van der Waals surface area contributed by atoms with Gasteiger partial charge < -0.3 is 109 Å². The van der Waals surface area contributed by atoms with Crippen LogP contribution in [0.4, 0.5) is 13.2 Å². The molecule has 0 aliphatic carbocycles. The third kappa shape index (κ3) is 29.4. The first kappa shape index (κ1) is 105. The zero-order valence-electron chi connectivity index (χ0n) is 75.8. The van der Waals surface area contributed by atoms with Gasteiger partial charge >= 0.3 is 11.9 Å². The fourth-order valence-electron chi connectivity index (χ4n) is 16.5. The number of amides is 15. The van der Waals surface area contributed by atoms with E-state index in [-0.39, 0.29) is 102 Å². The van der Waals surface area contributed by atoms with Crippen molar-refractivity contribution in [3.8, 4) is 11.5 Å². The van der Waals surface area contributed by atoms with Crippen LogP contribution in [0.15, 0.2) is 121 Å². The number of aromatic nitrogens is 1. The number of halogens is 3. The van der Waals surface area contributed by atoms with E-state index in [1.54, 1.807) is 67.7 Å². The topological polar surface area (TPSA) is 563 Å². The van der Waals surface area contributed by atoms with Crippen LogP contribution in [0, 0.1) is 23.4 Å². The Morgan fingerprint density at radius 2 is 1.03 bits per heavy atom. The third-order valence-electron chi connectivity index (χ3n) is 24.0. The Labute approximate surface area is 781 Å². The van der Waals surface area contributed by atoms with E-state index in [1.807, 2.05) is 0 Å². The molecule has 135 heavy (non-hydrogen) atoms. The molecule has 728 valence electrons. The number of carboxylic acids is 2. The van der Waals surface area contributed by atoms with Crippen LogP contribution in [0.1, 0.15) is 132 Å². The van der Waals surface area contributed by atoms with Gasteiger partial charge in [-0.05, 0) is 141 Å². The van der Waals surface area contributed by atoms with Crippen molar-refractivity contribution in [2.45, 2.75) is 215 Å². The molecule has 3 aliphatic heterocycles. The van der Waals surface area contributed by atoms with Crippen LogP contribution < -0.4 is 59.3 Å². The summed E-state index contributed by atoms with van der Waals surface area (Å²) in [6, 6.07) is 5.34. The molecule has 18 N–H and O–H groups in total. The Hall–Kier alpha value is -13.7. The first-order valence-electron chi connectivity index (χ1n) is 44.6. The number of phenols is 2. The molecule has 15 amide bonds. The van der Waals surface area contributed by atoms with E-state index in [0.29, 0.717) is 69.9 Å². The number of primary amides is 1. The van der Waals surface area contributed by atoms with Crippen LogP contribution >= 0.6 is 11.8 Å². The van der Waals surface area contributed by atoms with Crippen molar-refractivity contribution in [1.82, 2.24) is 77.3 Å². The van der Waals surface area contributed by atoms with Crippen molar-refractivity contribution < 1.29 is 115 Å². The SMILES string of the molecule is CCCC[C@H]1C(=O)N2CCC[C@@H]2C(=O)N[C@@H](CC(=O)O)C(=O)N[C@H](C(C)C)C(=O)N(C)[C@@H](Cc2ccccc2)C(=O)N[C@@H](CCC(=O)O)C(=O)N2CCCC[C@@H]2C(=O)N[C@H](Cc2c[nH]c3ccccc23)C(=O)N[C@@H](Cc2ccc(O)cc2)C(=O)N[C@@H](CCCN)C(=O)N[C@H](C(=O)NCC(N)=O)CSCC(=O)N[C@@H](Cc2cc(F)c(F)c(F)c2)C(=O)N(C)[C@@H](Cc2ccc(O)cc2)C(=O)N1C. The van der Waals surface area contributed by atoms with Crippen LogP contribution in [-0.2, 0) is 114 Å². The van der Waals surface area contributed by atoms with Gasteiger partial charge in [-0.25, -0.2) is 13.2 Å². The lowest BCUT2D eigenvalue weighted by molar-refractivity contribution is -0.152. The second kappa shape index (κ2) is 49.9. The second-order valence-corrected chi connectivity index (χ2v) is 35.3. The minimum Gasteiger partial charge on any atom is -0.508 e. The number of aliphatic carboxylic acids is 2. The monoisotopic (exact) mass is 1900 g/mol. The number of carbonyl (C=O) groups excluding carboxylic acids is 15. The van der Waals surface area contributed by atoms with Gasteiger partial charge in [-0.1, -0.05) is 106 Å². The minimum atomic E-state index is -1.99. The number of fused-ring (bicyclic) bond motifs is 3. The number of nitrogens with two attached hydrogens (primary N) is 2. The fraction of sp³-hybridized carbons (Fsp3) is 0.473. The number of rotatable bonds is 25. The van der Waals surface area contributed by atoms with E-state index in [0.717, 1.165) is 31.5 Å². The summed E-state index contributed by atoms with van der Waals surface area (Å²) >= 11 is 0.633. The zero-order valence-corrected chi connectivity index (χ0v) is 76.6. The third-order valence-corrected chi connectivity index (χ3v) is 25.0. The average molecular weight is 1900 g/mol. The van der Waals surface area contributed by atoms with Crippen LogP contribution in [0.3, 0.4) is 0 Å². The molecule has 9 rings (SSSR count). The van der Waals surface area contributed by atoms with Crippen LogP contribution in [0.5, 0.6) is 11.5 Å². The molecule has 0 spiro atoms. The lowest BCUT2D eigenvalue weighted by Crippen LogP contribution is -2.63. The van der Waals surface area contributed by atoms with Gasteiger partial charge in [-0.3, -0.25) is 81.5 Å². The maximum atomic E-state index is 15.7. The van der Waals surface area contributed by atoms with E-state index in [1.165, 1.54) is 76.5 Å². The summed E-state index contributed by atoms with van der Waals surface area (Å²) in [4.78, 5) is 259. The number of piperidine rings is 1. The Balaban J connectivity index is 1.14. The molecular weight excluding hydrogens is 1780 g/mol. The second-order valence-electron chi connectivity index (χ2n) is 34.2. The number of unbranched alkanes of at least 4 members (excludes halogenated alkanes) is 1. The number of phenolic OH excluding ortho intramolecular Hbond substituents is 2. The standard InChI is InChI=1S/C93H118F3N17O21S/c1-7-8-23-72-92(133)113-38-17-25-71(113)87(128)106-67(46-78(120)121)85(126)108-80(51(2)3)93(134)110(5)73(43-52-18-10-9-11-19-52)88(129)103-64(34-35-77(118)119)90(131)112-37-15-14-24-70(112)86(127)105-66(45-56-47-99-62-21-13-12-20-59(56)62)84(125)104-65(41-53-26-30-57(114)31-27-53)83(124)102-63(22-16-36-97)82(123)107-69(81(122)100-48-75(98)116)49-135-50-76(117)101-68(42-55-39-60(94)79(96)61(95)40-55)89(130)111(6)74(91(132)109(72)4)44-54-28-32-58(115)33-29-54/h9-13,18-21,26-33,39-40,47,51,63-74,80,99,114-115H,7-8,14-17,22-25,34-38,41-46,48-50,97H2,1-6H3,(H2,98,116)(H,100,122)(H,101,117)(H,102,124)(H,103,129)(H,104,125)(H,105,127)(H,106,128)(H,107,123)(H,108,126)(H,118,119)(H,120,121)/t63-,64-,65-,66+,67-,68-,69-,70+,71+,72-,73-,74-,80+/m0/s1. The van der Waals surface area contributed by atoms with Crippen molar-refractivity contribution in [3.05, 3.63) is 167 Å². The number of nitrogens with one attached hydrogen (secondary N) is 10. The van der Waals surface area contributed by atoms with Gasteiger partial charge in [0, 0.05) is 95.6 Å². The van der Waals surface area contributed by atoms with Crippen molar-refractivity contribution in [1.29, 1.82) is 0 Å². The van der Waals surface area contributed by atoms with Crippen LogP contribution in [0.2, 0.25) is 0 Å². The van der Waals surface area contributed by atoms with E-state index < -0.39 is 258 Å². The number of hydrogen-bond acceptors (Lipinski definition) is 21. The van der Waals surface area contributed by atoms with Gasteiger partial charge in [0.2, 0.25) is 88.6 Å². The van der Waals surface area contributed by atoms with Crippen molar-refractivity contribution in [2.75, 3.05) is 58.8 Å². The van der Waals surface area contributed by atoms with Crippen molar-refractivity contribution >= 4 is 123 Å². The van der Waals surface area contributed by atoms with Crippen molar-refractivity contribution in [3.63, 3.8) is 0 Å². The van der Waals surface area contributed by atoms with E-state index in [2.05, 4.69) is 52.8 Å². The molecule has 3 saturated heterocycles. The molecular formula is C93H118F3N17O21S. The van der Waals surface area contributed by atoms with E-state index >= 15 is 51.9 Å². The van der Waals surface area contributed by atoms with E-state index in [9.17, 15) is 63.2 Å². The molecule has 3 fully saturated rings. The highest BCUT2D eigenvalue weighted by Gasteiger charge is 2.46. The molecule has 42 heteroatoms. The minimum absolute atomic E-state index is 0.00921. The Kier molecular flexibility index (Phi) is 38.8. The Morgan fingerprint density at radius 1 is 0.504 bits per heavy atom. The lowest BCUT2D eigenvalue weighted by atomic mass is 9.97. The summed E-state index contributed by atoms with van der Waals surface area (Å²) in [7, 11) is 3.61. The number of para-hydroxylation sites is 1. The smallest absolute Gasteiger partial charge is 0.305 e. The largest absolute Gasteiger partial charge is 0.508 e. The number of H-pyrrole nitrogens is 1. The highest BCUT2D eigenvalue weighted by molar-refractivity contribution is 8.00. The molecule has 1 aromatic heterocycles. The molecule has 0 unspecified atom stereocenters. The number of aromatic hydroxyl groups is 2. The summed E-state index contributed by atoms with van der Waals surface area (Å²) in [5.74, 6) is -26.3. The molecule has 5 aromatic carbocycles. The van der Waals surface area contributed by atoms with Gasteiger partial charge in [0.05, 0.1) is 18.7 Å². The van der Waals surface area contributed by atoms with Gasteiger partial charge in [-0.15, -0.1) is 11.8 Å². The zero-order chi connectivity index (χ0) is 98.6. The van der Waals surface area contributed by atoms with Gasteiger partial charge in [0.25, 0.3) is 0 Å². The van der Waals surface area contributed by atoms with Gasteiger partial charge in [-0.2, -0.15) is 0 Å². The highest BCUT2D eigenvalue weighted by atomic mass is 32.2. The molecule has 13 atom stereocenters. The first-order chi connectivity index (χ1) is 64.2. The van der Waals surface area contributed by atoms with Crippen molar-refractivity contribution in [2.24, 2.45) is 17.4 Å². The number of thioether (sulfide) groups is 1. The van der Waals surface area contributed by atoms with Crippen LogP contribution in [-0.4, -0.2) is 288 Å². The summed E-state index contributed by atoms with van der Waals surface area (Å²) in [6.07, 6.45) is -2.16. The van der Waals surface area contributed by atoms with Gasteiger partial charge in [0.15, 0.2) is 17.5 Å². The predicted octanol–water partition coefficient (Wildman–Crippen LogP) is 1.51. The molecule has 4 heterocycles. The number of nitrogens with zero attached hydrogens (tertiary/aromatic N) is 5. The summed E-state index contributed by atoms with van der Waals surface area (Å²) < 4.78 is 45.1. The number of likely N-dealkylation sites (N-methyl/N-ethyl adjacent to an activating group) is 3. The number of aromatic amines is 1. The lowest BCUT2D eigenvalue weighted by Gasteiger charge is -2.38. The predicted molar refractivity (Wildman–Crippen MR) is 486 cm³/mol.